The van der Waals surface area contributed by atoms with E-state index in [0.717, 1.165) is 19.3 Å². The van der Waals surface area contributed by atoms with Gasteiger partial charge in [-0.3, -0.25) is 4.79 Å². The van der Waals surface area contributed by atoms with Gasteiger partial charge in [0, 0.05) is 13.0 Å². The zero-order chi connectivity index (χ0) is 41.0. The predicted octanol–water partition coefficient (Wildman–Crippen LogP) is 4.57. The smallest absolute Gasteiger partial charge is 0.305 e. The van der Waals surface area contributed by atoms with E-state index in [-0.39, 0.29) is 19.6 Å². The first kappa shape index (κ1) is 51.1. The molecule has 2 aliphatic rings. The molecular weight excluding hydrogens is 728 g/mol. The molecule has 7 N–H and O–H groups in total. The Labute approximate surface area is 336 Å². The molecule has 0 saturated carbocycles. The minimum absolute atomic E-state index is 0.0582. The molecule has 0 aliphatic carbocycles. The topological polar surface area (TPSA) is 214 Å². The van der Waals surface area contributed by atoms with Crippen molar-refractivity contribution in [1.82, 2.24) is 0 Å². The highest BCUT2D eigenvalue weighted by atomic mass is 16.7. The Hall–Kier alpha value is -1.01. The van der Waals surface area contributed by atoms with E-state index in [9.17, 15) is 40.5 Å². The molecule has 0 aromatic heterocycles. The second-order valence-corrected chi connectivity index (χ2v) is 15.8. The number of hydrogen-bond donors (Lipinski definition) is 7. The van der Waals surface area contributed by atoms with Crippen LogP contribution in [-0.4, -0.2) is 142 Å². The molecule has 56 heavy (non-hydrogen) atoms. The standard InChI is InChI=1S/C42H80O14/c1-3-5-6-7-8-9-10-11-12-13-14-15-16-17-18-19-20-21-22-23-24-25-26-51-28-31(54-34(44)4-2)29-52-41-40(50)38(48)36(46)33(56-41)30-53-42-39(49)37(47)35(45)32(27-43)55-42/h31-33,35-43,45-50H,3-30H2,1-2H3. The zero-order valence-electron chi connectivity index (χ0n) is 34.6. The molecule has 14 nitrogen and oxygen atoms in total. The van der Waals surface area contributed by atoms with Crippen molar-refractivity contribution in [3.8, 4) is 0 Å². The van der Waals surface area contributed by atoms with Gasteiger partial charge < -0.3 is 64.2 Å². The monoisotopic (exact) mass is 809 g/mol. The summed E-state index contributed by atoms with van der Waals surface area (Å²) in [5, 5.41) is 71.1. The largest absolute Gasteiger partial charge is 0.457 e. The lowest BCUT2D eigenvalue weighted by Gasteiger charge is -2.42. The van der Waals surface area contributed by atoms with Gasteiger partial charge in [-0.05, 0) is 6.42 Å². The molecule has 0 spiro atoms. The van der Waals surface area contributed by atoms with Gasteiger partial charge in [-0.15, -0.1) is 0 Å². The maximum Gasteiger partial charge on any atom is 0.305 e. The Morgan fingerprint density at radius 2 is 0.929 bits per heavy atom. The van der Waals surface area contributed by atoms with Crippen LogP contribution in [0.4, 0.5) is 0 Å². The van der Waals surface area contributed by atoms with E-state index in [1.807, 2.05) is 0 Å². The third kappa shape index (κ3) is 20.8. The van der Waals surface area contributed by atoms with Gasteiger partial charge >= 0.3 is 5.97 Å². The highest BCUT2D eigenvalue weighted by Crippen LogP contribution is 2.26. The van der Waals surface area contributed by atoms with Crippen molar-refractivity contribution < 1.29 is 69.0 Å². The molecular formula is C42H80O14. The maximum atomic E-state index is 12.1. The van der Waals surface area contributed by atoms with Crippen LogP contribution in [-0.2, 0) is 33.2 Å². The van der Waals surface area contributed by atoms with Crippen molar-refractivity contribution in [2.24, 2.45) is 0 Å². The molecule has 14 heteroatoms. The number of carbonyl (C=O) groups is 1. The van der Waals surface area contributed by atoms with Gasteiger partial charge in [0.05, 0.1) is 26.4 Å². The number of esters is 1. The molecule has 2 rings (SSSR count). The first-order chi connectivity index (χ1) is 27.1. The van der Waals surface area contributed by atoms with Crippen molar-refractivity contribution in [2.45, 2.75) is 229 Å². The van der Waals surface area contributed by atoms with E-state index in [2.05, 4.69) is 6.92 Å². The Bertz CT molecular complexity index is 943. The Morgan fingerprint density at radius 1 is 0.518 bits per heavy atom. The van der Waals surface area contributed by atoms with Gasteiger partial charge in [-0.2, -0.15) is 0 Å². The molecule has 2 heterocycles. The number of hydrogen-bond acceptors (Lipinski definition) is 14. The molecule has 0 aromatic rings. The zero-order valence-corrected chi connectivity index (χ0v) is 34.6. The summed E-state index contributed by atoms with van der Waals surface area (Å²) in [5.41, 5.74) is 0. The van der Waals surface area contributed by atoms with Crippen LogP contribution in [0.15, 0.2) is 0 Å². The highest BCUT2D eigenvalue weighted by molar-refractivity contribution is 5.69. The Balaban J connectivity index is 1.54. The summed E-state index contributed by atoms with van der Waals surface area (Å²) >= 11 is 0. The van der Waals surface area contributed by atoms with Crippen LogP contribution in [0.3, 0.4) is 0 Å². The summed E-state index contributed by atoms with van der Waals surface area (Å²) in [6.45, 7) is 3.12. The predicted molar refractivity (Wildman–Crippen MR) is 211 cm³/mol. The van der Waals surface area contributed by atoms with Gasteiger partial charge in [-0.25, -0.2) is 0 Å². The van der Waals surface area contributed by atoms with E-state index >= 15 is 0 Å². The van der Waals surface area contributed by atoms with Crippen LogP contribution in [0.5, 0.6) is 0 Å². The van der Waals surface area contributed by atoms with Crippen LogP contribution in [0.2, 0.25) is 0 Å². The van der Waals surface area contributed by atoms with Gasteiger partial charge in [0.2, 0.25) is 0 Å². The summed E-state index contributed by atoms with van der Waals surface area (Å²) in [4.78, 5) is 12.1. The number of aliphatic hydroxyl groups excluding tert-OH is 7. The van der Waals surface area contributed by atoms with Crippen molar-refractivity contribution in [2.75, 3.05) is 33.0 Å². The molecule has 0 aromatic carbocycles. The van der Waals surface area contributed by atoms with Crippen LogP contribution < -0.4 is 0 Å². The van der Waals surface area contributed by atoms with Crippen LogP contribution in [0, 0.1) is 0 Å². The van der Waals surface area contributed by atoms with Gasteiger partial charge in [0.25, 0.3) is 0 Å². The molecule has 0 bridgehead atoms. The average Bonchev–Trinajstić information content (AvgIpc) is 3.20. The van der Waals surface area contributed by atoms with Crippen LogP contribution in [0.1, 0.15) is 162 Å². The quantitative estimate of drug-likeness (QED) is 0.0351. The molecule has 2 aliphatic heterocycles. The van der Waals surface area contributed by atoms with E-state index in [0.29, 0.717) is 6.61 Å². The second-order valence-electron chi connectivity index (χ2n) is 15.8. The highest BCUT2D eigenvalue weighted by Gasteiger charge is 2.47. The number of rotatable bonds is 34. The SMILES string of the molecule is CCCCCCCCCCCCCCCCCCCCCCCCOCC(COC1OC(COC2OC(CO)C(O)C(O)C2O)C(O)C(O)C1O)OC(=O)CC. The summed E-state index contributed by atoms with van der Waals surface area (Å²) in [5.74, 6) is -0.460. The average molecular weight is 809 g/mol. The number of unbranched alkanes of at least 4 members (excludes halogenated alkanes) is 21. The van der Waals surface area contributed by atoms with Crippen molar-refractivity contribution in [3.05, 3.63) is 0 Å². The van der Waals surface area contributed by atoms with Crippen LogP contribution >= 0.6 is 0 Å². The van der Waals surface area contributed by atoms with E-state index in [1.165, 1.54) is 122 Å². The fraction of sp³-hybridized carbons (Fsp3) is 0.976. The summed E-state index contributed by atoms with van der Waals surface area (Å²) in [6, 6.07) is 0. The summed E-state index contributed by atoms with van der Waals surface area (Å²) in [6.07, 6.45) is 13.1. The first-order valence-corrected chi connectivity index (χ1v) is 22.1. The number of carbonyl (C=O) groups excluding carboxylic acids is 1. The Morgan fingerprint density at radius 3 is 1.38 bits per heavy atom. The Kier molecular flexibility index (Phi) is 29.1. The van der Waals surface area contributed by atoms with Crippen LogP contribution in [0.25, 0.3) is 0 Å². The number of aliphatic hydroxyl groups is 7. The molecule has 11 unspecified atom stereocenters. The second kappa shape index (κ2) is 31.9. The molecule has 2 saturated heterocycles. The molecule has 332 valence electrons. The van der Waals surface area contributed by atoms with Gasteiger partial charge in [0.1, 0.15) is 54.9 Å². The molecule has 0 amide bonds. The fourth-order valence-electron chi connectivity index (χ4n) is 7.20. The molecule has 11 atom stereocenters. The van der Waals surface area contributed by atoms with Crippen molar-refractivity contribution in [1.29, 1.82) is 0 Å². The van der Waals surface area contributed by atoms with E-state index in [1.54, 1.807) is 6.92 Å². The maximum absolute atomic E-state index is 12.1. The lowest BCUT2D eigenvalue weighted by atomic mass is 9.98. The summed E-state index contributed by atoms with van der Waals surface area (Å²) < 4.78 is 33.4. The minimum atomic E-state index is -1.70. The van der Waals surface area contributed by atoms with E-state index in [4.69, 9.17) is 28.4 Å². The van der Waals surface area contributed by atoms with Crippen molar-refractivity contribution in [3.63, 3.8) is 0 Å². The lowest BCUT2D eigenvalue weighted by molar-refractivity contribution is -0.332. The first-order valence-electron chi connectivity index (χ1n) is 22.1. The number of ether oxygens (including phenoxy) is 6. The van der Waals surface area contributed by atoms with Gasteiger partial charge in [0.15, 0.2) is 12.6 Å². The fourth-order valence-corrected chi connectivity index (χ4v) is 7.20. The molecule has 0 radical (unpaired) electrons. The minimum Gasteiger partial charge on any atom is -0.457 e. The van der Waals surface area contributed by atoms with E-state index < -0.39 is 86.7 Å². The third-order valence-corrected chi connectivity index (χ3v) is 10.9. The summed E-state index contributed by atoms with van der Waals surface area (Å²) in [7, 11) is 0. The van der Waals surface area contributed by atoms with Gasteiger partial charge in [-0.1, -0.05) is 149 Å². The van der Waals surface area contributed by atoms with Crippen molar-refractivity contribution >= 4 is 5.97 Å². The third-order valence-electron chi connectivity index (χ3n) is 10.9. The molecule has 2 fully saturated rings. The lowest BCUT2D eigenvalue weighted by Crippen LogP contribution is -2.61. The normalized spacial score (nSPS) is 28.7.